The lowest BCUT2D eigenvalue weighted by Gasteiger charge is -2.33. The van der Waals surface area contributed by atoms with Crippen molar-refractivity contribution in [2.24, 2.45) is 4.99 Å². The van der Waals surface area contributed by atoms with Gasteiger partial charge < -0.3 is 15.7 Å². The second kappa shape index (κ2) is 13.6. The van der Waals surface area contributed by atoms with Crippen LogP contribution in [0.25, 0.3) is 0 Å². The highest BCUT2D eigenvalue weighted by Crippen LogP contribution is 2.14. The molecule has 0 saturated carbocycles. The van der Waals surface area contributed by atoms with Gasteiger partial charge in [-0.3, -0.25) is 9.89 Å². The van der Waals surface area contributed by atoms with Crippen LogP contribution in [0.5, 0.6) is 0 Å². The van der Waals surface area contributed by atoms with Gasteiger partial charge in [0.1, 0.15) is 5.82 Å². The Labute approximate surface area is 202 Å². The number of aliphatic imine (C=N–C) groups is 1. The van der Waals surface area contributed by atoms with Crippen molar-refractivity contribution in [3.05, 3.63) is 71.5 Å². The summed E-state index contributed by atoms with van der Waals surface area (Å²) in [4.78, 5) is 7.00. The topological polar surface area (TPSA) is 59.9 Å². The molecule has 0 aromatic heterocycles. The predicted octanol–water partition coefficient (Wildman–Crippen LogP) is 3.57. The first-order chi connectivity index (χ1) is 14.6. The van der Waals surface area contributed by atoms with Gasteiger partial charge in [-0.25, -0.2) is 4.39 Å². The van der Waals surface area contributed by atoms with E-state index in [1.807, 2.05) is 49.4 Å². The third-order valence-corrected chi connectivity index (χ3v) is 5.37. The molecule has 7 heteroatoms. The average molecular weight is 540 g/mol. The van der Waals surface area contributed by atoms with Crippen molar-refractivity contribution in [3.8, 4) is 0 Å². The van der Waals surface area contributed by atoms with Gasteiger partial charge in [-0.2, -0.15) is 0 Å². The number of nitrogens with zero attached hydrogens (tertiary/aromatic N) is 2. The highest BCUT2D eigenvalue weighted by atomic mass is 127. The van der Waals surface area contributed by atoms with Crippen LogP contribution in [0.2, 0.25) is 0 Å². The van der Waals surface area contributed by atoms with Crippen molar-refractivity contribution in [1.29, 1.82) is 0 Å². The fraction of sp³-hybridized carbons (Fsp3) is 0.458. The average Bonchev–Trinajstić information content (AvgIpc) is 2.76. The molecule has 1 unspecified atom stereocenters. The van der Waals surface area contributed by atoms with Gasteiger partial charge in [0.15, 0.2) is 5.96 Å². The molecule has 0 aliphatic carbocycles. The number of hydrogen-bond acceptors (Lipinski definition) is 3. The van der Waals surface area contributed by atoms with Gasteiger partial charge in [0.2, 0.25) is 0 Å². The third kappa shape index (κ3) is 9.13. The van der Waals surface area contributed by atoms with Gasteiger partial charge in [-0.15, -0.1) is 24.0 Å². The van der Waals surface area contributed by atoms with Crippen LogP contribution < -0.4 is 10.6 Å². The molecule has 1 heterocycles. The van der Waals surface area contributed by atoms with E-state index in [-0.39, 0.29) is 29.8 Å². The van der Waals surface area contributed by atoms with Crippen LogP contribution in [0.15, 0.2) is 59.6 Å². The zero-order chi connectivity index (χ0) is 21.2. The summed E-state index contributed by atoms with van der Waals surface area (Å²) in [6, 6.07) is 17.1. The molecule has 1 atom stereocenters. The summed E-state index contributed by atoms with van der Waals surface area (Å²) in [5.74, 6) is 0.576. The molecule has 1 aliphatic rings. The first kappa shape index (κ1) is 25.5. The maximum absolute atomic E-state index is 13.1. The first-order valence-electron chi connectivity index (χ1n) is 10.9. The number of rotatable bonds is 8. The summed E-state index contributed by atoms with van der Waals surface area (Å²) in [6.07, 6.45) is 2.16. The number of benzene rings is 2. The van der Waals surface area contributed by atoms with Crippen molar-refractivity contribution >= 4 is 29.9 Å². The lowest BCUT2D eigenvalue weighted by Crippen LogP contribution is -2.48. The minimum absolute atomic E-state index is 0. The van der Waals surface area contributed by atoms with E-state index in [1.165, 1.54) is 12.1 Å². The molecule has 0 amide bonds. The van der Waals surface area contributed by atoms with Gasteiger partial charge in [0.25, 0.3) is 0 Å². The van der Waals surface area contributed by atoms with E-state index < -0.39 is 6.10 Å². The van der Waals surface area contributed by atoms with E-state index >= 15 is 0 Å². The van der Waals surface area contributed by atoms with Gasteiger partial charge in [-0.05, 0) is 43.0 Å². The van der Waals surface area contributed by atoms with Crippen LogP contribution in [-0.4, -0.2) is 54.3 Å². The van der Waals surface area contributed by atoms with Crippen LogP contribution in [0.1, 0.15) is 30.9 Å². The standard InChI is InChI=1S/C24H33FN4O.HI/c1-2-26-24(27-17-23(30)16-19-6-4-3-5-7-19)28-22-12-14-29(15-13-22)18-20-8-10-21(25)11-9-20;/h3-11,22-23,30H,2,12-18H2,1H3,(H2,26,27,28);1H. The second-order valence-corrected chi connectivity index (χ2v) is 7.88. The fourth-order valence-electron chi connectivity index (χ4n) is 3.74. The van der Waals surface area contributed by atoms with Crippen molar-refractivity contribution in [1.82, 2.24) is 15.5 Å². The fourth-order valence-corrected chi connectivity index (χ4v) is 3.74. The zero-order valence-electron chi connectivity index (χ0n) is 18.1. The number of halogens is 2. The summed E-state index contributed by atoms with van der Waals surface area (Å²) in [6.45, 7) is 6.03. The normalized spacial score (nSPS) is 16.4. The number of likely N-dealkylation sites (tertiary alicyclic amines) is 1. The molecule has 3 N–H and O–H groups in total. The van der Waals surface area contributed by atoms with Crippen LogP contribution >= 0.6 is 24.0 Å². The SMILES string of the molecule is CCNC(=NCC(O)Cc1ccccc1)NC1CCN(Cc2ccc(F)cc2)CC1.I. The molecule has 1 saturated heterocycles. The summed E-state index contributed by atoms with van der Waals surface area (Å²) < 4.78 is 13.1. The van der Waals surface area contributed by atoms with E-state index in [1.54, 1.807) is 0 Å². The van der Waals surface area contributed by atoms with Crippen LogP contribution in [0, 0.1) is 5.82 Å². The molecule has 170 valence electrons. The maximum Gasteiger partial charge on any atom is 0.191 e. The Morgan fingerprint density at radius 1 is 1.10 bits per heavy atom. The maximum atomic E-state index is 13.1. The number of guanidine groups is 1. The number of hydrogen-bond donors (Lipinski definition) is 3. The minimum Gasteiger partial charge on any atom is -0.391 e. The van der Waals surface area contributed by atoms with Gasteiger partial charge in [-0.1, -0.05) is 42.5 Å². The van der Waals surface area contributed by atoms with E-state index in [0.717, 1.165) is 56.1 Å². The van der Waals surface area contributed by atoms with Gasteiger partial charge in [0.05, 0.1) is 12.6 Å². The van der Waals surface area contributed by atoms with Crippen LogP contribution in [0.4, 0.5) is 4.39 Å². The molecule has 0 radical (unpaired) electrons. The van der Waals surface area contributed by atoms with E-state index in [9.17, 15) is 9.50 Å². The predicted molar refractivity (Wildman–Crippen MR) is 135 cm³/mol. The molecule has 1 fully saturated rings. The Morgan fingerprint density at radius 3 is 2.42 bits per heavy atom. The monoisotopic (exact) mass is 540 g/mol. The number of aliphatic hydroxyl groups is 1. The molecule has 3 rings (SSSR count). The zero-order valence-corrected chi connectivity index (χ0v) is 20.5. The molecule has 2 aromatic carbocycles. The lowest BCUT2D eigenvalue weighted by atomic mass is 10.0. The largest absolute Gasteiger partial charge is 0.391 e. The quantitative estimate of drug-likeness (QED) is 0.272. The molecule has 0 spiro atoms. The highest BCUT2D eigenvalue weighted by Gasteiger charge is 2.20. The van der Waals surface area contributed by atoms with Gasteiger partial charge in [0, 0.05) is 38.6 Å². The summed E-state index contributed by atoms with van der Waals surface area (Å²) in [7, 11) is 0. The number of nitrogens with one attached hydrogen (secondary N) is 2. The second-order valence-electron chi connectivity index (χ2n) is 7.88. The van der Waals surface area contributed by atoms with Crippen molar-refractivity contribution in [3.63, 3.8) is 0 Å². The third-order valence-electron chi connectivity index (χ3n) is 5.37. The molecule has 2 aromatic rings. The van der Waals surface area contributed by atoms with E-state index in [4.69, 9.17) is 0 Å². The molecule has 1 aliphatic heterocycles. The minimum atomic E-state index is -0.500. The van der Waals surface area contributed by atoms with Crippen molar-refractivity contribution in [2.75, 3.05) is 26.2 Å². The Hall–Kier alpha value is -1.71. The van der Waals surface area contributed by atoms with E-state index in [2.05, 4.69) is 20.5 Å². The Bertz CT molecular complexity index is 780. The number of aliphatic hydroxyl groups excluding tert-OH is 1. The number of piperidine rings is 1. The smallest absolute Gasteiger partial charge is 0.191 e. The Morgan fingerprint density at radius 2 is 1.77 bits per heavy atom. The van der Waals surface area contributed by atoms with Crippen molar-refractivity contribution in [2.45, 2.75) is 44.9 Å². The molecular weight excluding hydrogens is 506 g/mol. The molecule has 0 bridgehead atoms. The summed E-state index contributed by atoms with van der Waals surface area (Å²) in [5.41, 5.74) is 2.26. The molecular formula is C24H34FIN4O. The molecule has 5 nitrogen and oxygen atoms in total. The van der Waals surface area contributed by atoms with Crippen molar-refractivity contribution < 1.29 is 9.50 Å². The van der Waals surface area contributed by atoms with Gasteiger partial charge >= 0.3 is 0 Å². The first-order valence-corrected chi connectivity index (χ1v) is 10.9. The highest BCUT2D eigenvalue weighted by molar-refractivity contribution is 14.0. The Kier molecular flexibility index (Phi) is 11.2. The van der Waals surface area contributed by atoms with Crippen LogP contribution in [0.3, 0.4) is 0 Å². The Balaban J connectivity index is 0.00000341. The lowest BCUT2D eigenvalue weighted by molar-refractivity contribution is 0.183. The van der Waals surface area contributed by atoms with Crippen LogP contribution in [-0.2, 0) is 13.0 Å². The summed E-state index contributed by atoms with van der Waals surface area (Å²) in [5, 5.41) is 17.1. The molecule has 31 heavy (non-hydrogen) atoms. The summed E-state index contributed by atoms with van der Waals surface area (Å²) >= 11 is 0. The van der Waals surface area contributed by atoms with E-state index in [0.29, 0.717) is 19.0 Å².